The number of rotatable bonds is 4. The van der Waals surface area contributed by atoms with Crippen LogP contribution < -0.4 is 10.6 Å². The molecule has 16 heavy (non-hydrogen) atoms. The molecule has 0 saturated carbocycles. The van der Waals surface area contributed by atoms with Crippen LogP contribution in [0, 0.1) is 11.6 Å². The molecule has 88 valence electrons. The van der Waals surface area contributed by atoms with Gasteiger partial charge in [0.2, 0.25) is 0 Å². The molecule has 0 aliphatic carbocycles. The Kier molecular flexibility index (Phi) is 3.72. The molecule has 2 nitrogen and oxygen atoms in total. The van der Waals surface area contributed by atoms with E-state index in [-0.39, 0.29) is 5.69 Å². The molecule has 1 aliphatic rings. The maximum absolute atomic E-state index is 13.2. The maximum atomic E-state index is 13.2. The van der Waals surface area contributed by atoms with E-state index in [0.29, 0.717) is 12.6 Å². The highest BCUT2D eigenvalue weighted by molar-refractivity contribution is 5.44. The molecule has 1 fully saturated rings. The zero-order valence-electron chi connectivity index (χ0n) is 9.10. The molecule has 0 aromatic heterocycles. The zero-order chi connectivity index (χ0) is 11.4. The Morgan fingerprint density at radius 2 is 2.25 bits per heavy atom. The number of nitrogens with one attached hydrogen (secondary N) is 2. The van der Waals surface area contributed by atoms with Crippen molar-refractivity contribution in [3.8, 4) is 0 Å². The highest BCUT2D eigenvalue weighted by atomic mass is 19.1. The first-order valence-corrected chi connectivity index (χ1v) is 5.68. The van der Waals surface area contributed by atoms with Crippen LogP contribution in [0.3, 0.4) is 0 Å². The van der Waals surface area contributed by atoms with Crippen LogP contribution in [0.4, 0.5) is 14.5 Å². The van der Waals surface area contributed by atoms with E-state index in [2.05, 4.69) is 10.6 Å². The van der Waals surface area contributed by atoms with Crippen molar-refractivity contribution < 1.29 is 8.78 Å². The van der Waals surface area contributed by atoms with Gasteiger partial charge in [0.1, 0.15) is 11.6 Å². The lowest BCUT2D eigenvalue weighted by Crippen LogP contribution is -2.24. The van der Waals surface area contributed by atoms with Crippen molar-refractivity contribution in [2.75, 3.05) is 18.4 Å². The Balaban J connectivity index is 1.82. The van der Waals surface area contributed by atoms with Crippen LogP contribution in [0.1, 0.15) is 19.3 Å². The van der Waals surface area contributed by atoms with Gasteiger partial charge in [-0.15, -0.1) is 0 Å². The van der Waals surface area contributed by atoms with Gasteiger partial charge in [0.05, 0.1) is 5.69 Å². The summed E-state index contributed by atoms with van der Waals surface area (Å²) in [7, 11) is 0. The van der Waals surface area contributed by atoms with Gasteiger partial charge in [-0.3, -0.25) is 0 Å². The Labute approximate surface area is 94.0 Å². The highest BCUT2D eigenvalue weighted by Gasteiger charge is 2.13. The number of hydrogen-bond acceptors (Lipinski definition) is 2. The second-order valence-electron chi connectivity index (χ2n) is 4.13. The fourth-order valence-electron chi connectivity index (χ4n) is 2.02. The Morgan fingerprint density at radius 1 is 1.38 bits per heavy atom. The summed E-state index contributed by atoms with van der Waals surface area (Å²) in [5.41, 5.74) is 0.248. The topological polar surface area (TPSA) is 24.1 Å². The molecule has 1 heterocycles. The molecule has 1 saturated heterocycles. The normalized spacial score (nSPS) is 20.0. The van der Waals surface area contributed by atoms with E-state index in [1.807, 2.05) is 0 Å². The fourth-order valence-corrected chi connectivity index (χ4v) is 2.02. The van der Waals surface area contributed by atoms with Crippen molar-refractivity contribution in [3.05, 3.63) is 29.8 Å². The molecule has 1 aliphatic heterocycles. The van der Waals surface area contributed by atoms with Crippen molar-refractivity contribution in [3.63, 3.8) is 0 Å². The predicted molar refractivity (Wildman–Crippen MR) is 60.5 cm³/mol. The molecule has 0 radical (unpaired) electrons. The Hall–Kier alpha value is -1.16. The van der Waals surface area contributed by atoms with E-state index >= 15 is 0 Å². The third-order valence-corrected chi connectivity index (χ3v) is 2.90. The maximum Gasteiger partial charge on any atom is 0.146 e. The average Bonchev–Trinajstić information content (AvgIpc) is 2.76. The minimum absolute atomic E-state index is 0.248. The van der Waals surface area contributed by atoms with Gasteiger partial charge < -0.3 is 10.6 Å². The van der Waals surface area contributed by atoms with Gasteiger partial charge in [-0.25, -0.2) is 8.78 Å². The first-order valence-electron chi connectivity index (χ1n) is 5.68. The minimum atomic E-state index is -0.414. The van der Waals surface area contributed by atoms with Crippen LogP contribution in [0.15, 0.2) is 18.2 Å². The molecular weight excluding hydrogens is 210 g/mol. The molecule has 2 rings (SSSR count). The van der Waals surface area contributed by atoms with Crippen LogP contribution in [0.2, 0.25) is 0 Å². The van der Waals surface area contributed by atoms with Crippen molar-refractivity contribution in [2.45, 2.75) is 25.3 Å². The van der Waals surface area contributed by atoms with Gasteiger partial charge in [0.15, 0.2) is 0 Å². The Morgan fingerprint density at radius 3 is 3.00 bits per heavy atom. The van der Waals surface area contributed by atoms with Crippen LogP contribution in [-0.4, -0.2) is 19.1 Å². The molecule has 0 spiro atoms. The second-order valence-corrected chi connectivity index (χ2v) is 4.13. The molecule has 0 amide bonds. The first-order chi connectivity index (χ1) is 7.75. The van der Waals surface area contributed by atoms with Crippen molar-refractivity contribution >= 4 is 5.69 Å². The monoisotopic (exact) mass is 226 g/mol. The van der Waals surface area contributed by atoms with Crippen LogP contribution >= 0.6 is 0 Å². The van der Waals surface area contributed by atoms with Gasteiger partial charge in [0.25, 0.3) is 0 Å². The van der Waals surface area contributed by atoms with Crippen LogP contribution in [0.25, 0.3) is 0 Å². The van der Waals surface area contributed by atoms with E-state index in [9.17, 15) is 8.78 Å². The smallest absolute Gasteiger partial charge is 0.146 e. The van der Waals surface area contributed by atoms with E-state index in [4.69, 9.17) is 0 Å². The van der Waals surface area contributed by atoms with E-state index < -0.39 is 11.6 Å². The third-order valence-electron chi connectivity index (χ3n) is 2.90. The summed E-state index contributed by atoms with van der Waals surface area (Å²) in [5, 5.41) is 6.29. The summed E-state index contributed by atoms with van der Waals surface area (Å²) in [6, 6.07) is 3.98. The summed E-state index contributed by atoms with van der Waals surface area (Å²) in [6.07, 6.45) is 3.32. The second kappa shape index (κ2) is 5.25. The molecule has 1 aromatic carbocycles. The molecule has 1 unspecified atom stereocenters. The van der Waals surface area contributed by atoms with Crippen molar-refractivity contribution in [2.24, 2.45) is 0 Å². The quantitative estimate of drug-likeness (QED) is 0.824. The average molecular weight is 226 g/mol. The summed E-state index contributed by atoms with van der Waals surface area (Å²) in [6.45, 7) is 1.73. The SMILES string of the molecule is Fc1ccc(F)c(NCCC2CCCN2)c1. The fraction of sp³-hybridized carbons (Fsp3) is 0.500. The van der Waals surface area contributed by atoms with Gasteiger partial charge in [0, 0.05) is 12.6 Å². The molecule has 4 heteroatoms. The summed E-state index contributed by atoms with van der Waals surface area (Å²) < 4.78 is 26.1. The number of halogens is 2. The lowest BCUT2D eigenvalue weighted by atomic mass is 10.1. The molecule has 1 atom stereocenters. The molecule has 0 bridgehead atoms. The summed E-state index contributed by atoms with van der Waals surface area (Å²) in [5.74, 6) is -0.816. The third kappa shape index (κ3) is 2.92. The van der Waals surface area contributed by atoms with Gasteiger partial charge in [-0.1, -0.05) is 0 Å². The largest absolute Gasteiger partial charge is 0.383 e. The highest BCUT2D eigenvalue weighted by Crippen LogP contribution is 2.16. The van der Waals surface area contributed by atoms with E-state index in [1.165, 1.54) is 18.9 Å². The standard InChI is InChI=1S/C12H16F2N2/c13-9-3-4-11(14)12(8-9)16-7-5-10-2-1-6-15-10/h3-4,8,10,15-16H,1-2,5-7H2. The zero-order valence-corrected chi connectivity index (χ0v) is 9.10. The van der Waals surface area contributed by atoms with Crippen LogP contribution in [-0.2, 0) is 0 Å². The predicted octanol–water partition coefficient (Wildman–Crippen LogP) is 2.52. The number of benzene rings is 1. The lowest BCUT2D eigenvalue weighted by molar-refractivity contribution is 0.570. The van der Waals surface area contributed by atoms with Crippen molar-refractivity contribution in [1.29, 1.82) is 0 Å². The summed E-state index contributed by atoms with van der Waals surface area (Å²) in [4.78, 5) is 0. The number of anilines is 1. The van der Waals surface area contributed by atoms with E-state index in [1.54, 1.807) is 0 Å². The first kappa shape index (κ1) is 11.3. The van der Waals surface area contributed by atoms with E-state index in [0.717, 1.165) is 25.1 Å². The molecule has 1 aromatic rings. The van der Waals surface area contributed by atoms with Crippen LogP contribution in [0.5, 0.6) is 0 Å². The molecular formula is C12H16F2N2. The number of hydrogen-bond donors (Lipinski definition) is 2. The van der Waals surface area contributed by atoms with Gasteiger partial charge >= 0.3 is 0 Å². The minimum Gasteiger partial charge on any atom is -0.383 e. The Bertz CT molecular complexity index is 349. The molecule has 2 N–H and O–H groups in total. The van der Waals surface area contributed by atoms with Gasteiger partial charge in [-0.2, -0.15) is 0 Å². The van der Waals surface area contributed by atoms with Crippen molar-refractivity contribution in [1.82, 2.24) is 5.32 Å². The lowest BCUT2D eigenvalue weighted by Gasteiger charge is -2.12. The van der Waals surface area contributed by atoms with Gasteiger partial charge in [-0.05, 0) is 44.0 Å². The summed E-state index contributed by atoms with van der Waals surface area (Å²) >= 11 is 0.